The van der Waals surface area contributed by atoms with E-state index in [0.29, 0.717) is 0 Å². The van der Waals surface area contributed by atoms with Crippen LogP contribution in [0, 0.1) is 0 Å². The van der Waals surface area contributed by atoms with E-state index in [4.69, 9.17) is 15.6 Å². The quantitative estimate of drug-likeness (QED) is 0.252. The first kappa shape index (κ1) is 28.3. The van der Waals surface area contributed by atoms with Crippen LogP contribution >= 0.6 is 0 Å². The molecule has 0 amide bonds. The smallest absolute Gasteiger partial charge is 0.186 e. The van der Waals surface area contributed by atoms with Crippen molar-refractivity contribution in [1.29, 1.82) is 0 Å². The lowest BCUT2D eigenvalue weighted by atomic mass is 9.99. The summed E-state index contributed by atoms with van der Waals surface area (Å²) in [5.41, 5.74) is 16.2. The maximum absolute atomic E-state index is 8.55. The van der Waals surface area contributed by atoms with Gasteiger partial charge in [0, 0.05) is 0 Å². The van der Waals surface area contributed by atoms with Gasteiger partial charge < -0.3 is 15.6 Å². The highest BCUT2D eigenvalue weighted by Crippen LogP contribution is 2.58. The molecular formula is C30H60N2OSi2. The predicted molar refractivity (Wildman–Crippen MR) is 157 cm³/mol. The van der Waals surface area contributed by atoms with Crippen LogP contribution in [-0.4, -0.2) is 29.7 Å². The van der Waals surface area contributed by atoms with Crippen LogP contribution in [0.15, 0.2) is 0 Å². The molecule has 35 heavy (non-hydrogen) atoms. The minimum Gasteiger partial charge on any atom is -0.454 e. The molecule has 0 aromatic heterocycles. The summed E-state index contributed by atoms with van der Waals surface area (Å²) in [6, 6.07) is 2.77. The minimum absolute atomic E-state index is 0.863. The van der Waals surface area contributed by atoms with Crippen LogP contribution in [0.25, 0.3) is 0 Å². The lowest BCUT2D eigenvalue weighted by molar-refractivity contribution is 0.332. The molecule has 0 aromatic rings. The zero-order valence-corrected chi connectivity index (χ0v) is 25.3. The molecule has 0 heterocycles. The molecule has 0 bridgehead atoms. The van der Waals surface area contributed by atoms with Crippen LogP contribution in [0.1, 0.15) is 141 Å². The zero-order chi connectivity index (χ0) is 24.4. The van der Waals surface area contributed by atoms with Crippen LogP contribution in [0.2, 0.25) is 34.3 Å². The van der Waals surface area contributed by atoms with E-state index in [1.165, 1.54) is 153 Å². The van der Waals surface area contributed by atoms with Gasteiger partial charge in [-0.2, -0.15) is 0 Å². The van der Waals surface area contributed by atoms with Crippen LogP contribution in [0.4, 0.5) is 0 Å². The number of hydrogen-bond acceptors (Lipinski definition) is 3. The third-order valence-electron chi connectivity index (χ3n) is 11.1. The highest BCUT2D eigenvalue weighted by molar-refractivity contribution is 6.90. The van der Waals surface area contributed by atoms with E-state index >= 15 is 0 Å². The van der Waals surface area contributed by atoms with Gasteiger partial charge in [-0.05, 0) is 60.2 Å². The topological polar surface area (TPSA) is 61.3 Å². The largest absolute Gasteiger partial charge is 0.454 e. The van der Waals surface area contributed by atoms with Crippen molar-refractivity contribution in [3.8, 4) is 0 Å². The highest BCUT2D eigenvalue weighted by Gasteiger charge is 2.58. The van der Waals surface area contributed by atoms with Crippen molar-refractivity contribution >= 4 is 16.6 Å². The van der Waals surface area contributed by atoms with Gasteiger partial charge >= 0.3 is 0 Å². The van der Waals surface area contributed by atoms with Gasteiger partial charge in [-0.1, -0.05) is 128 Å². The van der Waals surface area contributed by atoms with Crippen molar-refractivity contribution in [2.75, 3.05) is 13.1 Å². The van der Waals surface area contributed by atoms with E-state index in [0.717, 1.165) is 35.3 Å². The van der Waals surface area contributed by atoms with E-state index in [1.54, 1.807) is 0 Å². The van der Waals surface area contributed by atoms with E-state index < -0.39 is 16.6 Å². The summed E-state index contributed by atoms with van der Waals surface area (Å²) in [5, 5.41) is 0. The lowest BCUT2D eigenvalue weighted by Gasteiger charge is -2.57. The molecule has 0 radical (unpaired) electrons. The fourth-order valence-corrected chi connectivity index (χ4v) is 25.7. The van der Waals surface area contributed by atoms with Crippen molar-refractivity contribution in [3.05, 3.63) is 0 Å². The molecule has 0 aromatic carbocycles. The Balaban J connectivity index is 1.77. The van der Waals surface area contributed by atoms with Crippen LogP contribution in [0.5, 0.6) is 0 Å². The van der Waals surface area contributed by atoms with Gasteiger partial charge in [0.1, 0.15) is 0 Å². The van der Waals surface area contributed by atoms with E-state index in [-0.39, 0.29) is 0 Å². The fourth-order valence-electron chi connectivity index (χ4n) is 9.39. The van der Waals surface area contributed by atoms with Gasteiger partial charge in [0.25, 0.3) is 0 Å². The summed E-state index contributed by atoms with van der Waals surface area (Å²) in [5.74, 6) is 0. The molecule has 0 atom stereocenters. The molecule has 0 spiro atoms. The van der Waals surface area contributed by atoms with Crippen LogP contribution < -0.4 is 11.5 Å². The third kappa shape index (κ3) is 6.85. The molecule has 4 saturated carbocycles. The van der Waals surface area contributed by atoms with Crippen molar-refractivity contribution in [2.24, 2.45) is 11.5 Å². The molecule has 4 N–H and O–H groups in total. The average molecular weight is 521 g/mol. The fraction of sp³-hybridized carbons (Fsp3) is 1.00. The second-order valence-electron chi connectivity index (χ2n) is 13.1. The Kier molecular flexibility index (Phi) is 11.7. The molecule has 204 valence electrons. The van der Waals surface area contributed by atoms with Crippen molar-refractivity contribution in [1.82, 2.24) is 0 Å². The Morgan fingerprint density at radius 3 is 0.914 bits per heavy atom. The predicted octanol–water partition coefficient (Wildman–Crippen LogP) is 8.93. The molecule has 0 unspecified atom stereocenters. The Morgan fingerprint density at radius 1 is 0.429 bits per heavy atom. The monoisotopic (exact) mass is 520 g/mol. The summed E-state index contributed by atoms with van der Waals surface area (Å²) in [4.78, 5) is 0. The molecular weight excluding hydrogens is 461 g/mol. The van der Waals surface area contributed by atoms with Crippen molar-refractivity contribution in [2.45, 2.75) is 176 Å². The van der Waals surface area contributed by atoms with Gasteiger partial charge in [0.05, 0.1) is 0 Å². The van der Waals surface area contributed by atoms with Gasteiger partial charge in [0.2, 0.25) is 0 Å². The van der Waals surface area contributed by atoms with Crippen molar-refractivity contribution < 1.29 is 4.12 Å². The first-order valence-corrected chi connectivity index (χ1v) is 20.9. The van der Waals surface area contributed by atoms with Gasteiger partial charge in [-0.25, -0.2) is 0 Å². The number of nitrogens with two attached hydrogens (primary N) is 2. The zero-order valence-electron chi connectivity index (χ0n) is 23.3. The second-order valence-corrected chi connectivity index (χ2v) is 22.0. The Morgan fingerprint density at radius 2 is 0.686 bits per heavy atom. The van der Waals surface area contributed by atoms with Gasteiger partial charge in [-0.15, -0.1) is 0 Å². The molecule has 4 aliphatic rings. The third-order valence-corrected chi connectivity index (χ3v) is 24.3. The van der Waals surface area contributed by atoms with Crippen LogP contribution in [-0.2, 0) is 4.12 Å². The van der Waals surface area contributed by atoms with Crippen molar-refractivity contribution in [3.63, 3.8) is 0 Å². The first-order chi connectivity index (χ1) is 17.2. The molecule has 4 rings (SSSR count). The van der Waals surface area contributed by atoms with E-state index in [2.05, 4.69) is 0 Å². The first-order valence-electron chi connectivity index (χ1n) is 16.4. The summed E-state index contributed by atoms with van der Waals surface area (Å²) < 4.78 is 8.55. The molecule has 4 aliphatic carbocycles. The summed E-state index contributed by atoms with van der Waals surface area (Å²) in [6.45, 7) is 1.73. The summed E-state index contributed by atoms with van der Waals surface area (Å²) >= 11 is 0. The SMILES string of the molecule is NCCC[Si](O[Si](CCCN)(C1CCCCC1)C1CCCCC1)(C1CCCCC1)C1CCCCC1. The summed E-state index contributed by atoms with van der Waals surface area (Å²) in [6.07, 6.45) is 31.8. The van der Waals surface area contributed by atoms with E-state index in [1.807, 2.05) is 0 Å². The maximum Gasteiger partial charge on any atom is 0.186 e. The summed E-state index contributed by atoms with van der Waals surface area (Å²) in [7, 11) is -3.85. The number of rotatable bonds is 12. The molecule has 4 fully saturated rings. The van der Waals surface area contributed by atoms with Gasteiger partial charge in [0.15, 0.2) is 16.6 Å². The molecule has 0 saturated heterocycles. The lowest BCUT2D eigenvalue weighted by Crippen LogP contribution is -2.61. The normalized spacial score (nSPS) is 25.2. The molecule has 0 aliphatic heterocycles. The minimum atomic E-state index is -1.93. The standard InChI is InChI=1S/C30H60N2OSi2/c31-23-13-25-34(27-15-5-1-6-16-27,28-17-7-2-8-18-28)33-35(26-14-24-32,29-19-9-3-10-20-29)30-21-11-4-12-22-30/h27-30H,1-26,31-32H2. The Hall–Kier alpha value is 0.314. The molecule has 5 heteroatoms. The molecule has 3 nitrogen and oxygen atoms in total. The second kappa shape index (κ2) is 14.5. The van der Waals surface area contributed by atoms with E-state index in [9.17, 15) is 0 Å². The van der Waals surface area contributed by atoms with Gasteiger partial charge in [-0.3, -0.25) is 0 Å². The number of hydrogen-bond donors (Lipinski definition) is 2. The van der Waals surface area contributed by atoms with Crippen LogP contribution in [0.3, 0.4) is 0 Å². The Bertz CT molecular complexity index is 493. The maximum atomic E-state index is 8.55. The highest BCUT2D eigenvalue weighted by atomic mass is 28.4. The Labute approximate surface area is 220 Å². The average Bonchev–Trinajstić information content (AvgIpc) is 2.95.